The van der Waals surface area contributed by atoms with E-state index in [0.717, 1.165) is 42.8 Å². The second kappa shape index (κ2) is 10.9. The SMILES string of the molecule is CCOc1ccc(N2C(=O)CN(S(=O)(=O)CC)C[C@@]2(C)C(=O)NC2CCCCCCC2)cc1. The smallest absolute Gasteiger partial charge is 0.247 e. The lowest BCUT2D eigenvalue weighted by Crippen LogP contribution is -2.70. The molecule has 1 saturated carbocycles. The van der Waals surface area contributed by atoms with Crippen molar-refractivity contribution in [3.8, 4) is 5.75 Å². The van der Waals surface area contributed by atoms with Gasteiger partial charge >= 0.3 is 0 Å². The zero-order valence-electron chi connectivity index (χ0n) is 20.0. The Kier molecular flexibility index (Phi) is 8.39. The number of nitrogens with zero attached hydrogens (tertiary/aromatic N) is 2. The van der Waals surface area contributed by atoms with Crippen molar-refractivity contribution in [3.63, 3.8) is 0 Å². The molecule has 33 heavy (non-hydrogen) atoms. The van der Waals surface area contributed by atoms with Gasteiger partial charge in [-0.05, 0) is 57.9 Å². The minimum Gasteiger partial charge on any atom is -0.494 e. The highest BCUT2D eigenvalue weighted by Gasteiger charge is 2.51. The first-order valence-corrected chi connectivity index (χ1v) is 13.7. The molecule has 1 aromatic rings. The number of ether oxygens (including phenoxy) is 1. The third-order valence-corrected chi connectivity index (χ3v) is 8.41. The van der Waals surface area contributed by atoms with Crippen LogP contribution in [0.1, 0.15) is 65.7 Å². The van der Waals surface area contributed by atoms with E-state index in [2.05, 4.69) is 5.32 Å². The van der Waals surface area contributed by atoms with Gasteiger partial charge in [0.1, 0.15) is 11.3 Å². The molecule has 0 bridgehead atoms. The largest absolute Gasteiger partial charge is 0.494 e. The summed E-state index contributed by atoms with van der Waals surface area (Å²) in [6.07, 6.45) is 7.44. The molecular formula is C24H37N3O5S. The van der Waals surface area contributed by atoms with Crippen molar-refractivity contribution in [2.75, 3.05) is 30.3 Å². The molecule has 2 fully saturated rings. The lowest BCUT2D eigenvalue weighted by Gasteiger charge is -2.47. The number of nitrogens with one attached hydrogen (secondary N) is 1. The van der Waals surface area contributed by atoms with Gasteiger partial charge in [-0.2, -0.15) is 4.31 Å². The Morgan fingerprint density at radius 2 is 1.70 bits per heavy atom. The summed E-state index contributed by atoms with van der Waals surface area (Å²) in [4.78, 5) is 28.5. The zero-order valence-corrected chi connectivity index (χ0v) is 20.8. The molecule has 1 N–H and O–H groups in total. The van der Waals surface area contributed by atoms with E-state index in [9.17, 15) is 18.0 Å². The molecule has 8 nitrogen and oxygen atoms in total. The summed E-state index contributed by atoms with van der Waals surface area (Å²) in [5.74, 6) is -0.186. The van der Waals surface area contributed by atoms with Gasteiger partial charge in [0.25, 0.3) is 0 Å². The van der Waals surface area contributed by atoms with Gasteiger partial charge in [0.15, 0.2) is 0 Å². The molecule has 184 valence electrons. The third kappa shape index (κ3) is 5.87. The topological polar surface area (TPSA) is 96.0 Å². The molecule has 1 saturated heterocycles. The predicted octanol–water partition coefficient (Wildman–Crippen LogP) is 3.07. The van der Waals surface area contributed by atoms with Crippen molar-refractivity contribution in [3.05, 3.63) is 24.3 Å². The Balaban J connectivity index is 1.93. The molecule has 1 aromatic carbocycles. The van der Waals surface area contributed by atoms with Gasteiger partial charge in [-0.15, -0.1) is 0 Å². The van der Waals surface area contributed by atoms with E-state index in [0.29, 0.717) is 18.0 Å². The number of anilines is 1. The number of piperazine rings is 1. The lowest BCUT2D eigenvalue weighted by atomic mass is 9.92. The molecule has 0 aromatic heterocycles. The van der Waals surface area contributed by atoms with Gasteiger partial charge in [0.05, 0.1) is 18.9 Å². The first-order valence-electron chi connectivity index (χ1n) is 12.1. The van der Waals surface area contributed by atoms with E-state index in [1.807, 2.05) is 6.92 Å². The molecule has 1 heterocycles. The van der Waals surface area contributed by atoms with Crippen LogP contribution in [-0.4, -0.2) is 61.6 Å². The maximum Gasteiger partial charge on any atom is 0.247 e. The van der Waals surface area contributed by atoms with Gasteiger partial charge in [0.2, 0.25) is 21.8 Å². The summed E-state index contributed by atoms with van der Waals surface area (Å²) in [6, 6.07) is 7.04. The number of carbonyl (C=O) groups excluding carboxylic acids is 2. The summed E-state index contributed by atoms with van der Waals surface area (Å²) in [5.41, 5.74) is -0.820. The molecule has 9 heteroatoms. The molecule has 3 rings (SSSR count). The van der Waals surface area contributed by atoms with Gasteiger partial charge in [-0.1, -0.05) is 32.1 Å². The highest BCUT2D eigenvalue weighted by molar-refractivity contribution is 7.89. The van der Waals surface area contributed by atoms with Crippen molar-refractivity contribution in [2.24, 2.45) is 0 Å². The Bertz CT molecular complexity index is 926. The Labute approximate surface area is 197 Å². The summed E-state index contributed by atoms with van der Waals surface area (Å²) in [6.45, 7) is 5.26. The highest BCUT2D eigenvalue weighted by Crippen LogP contribution is 2.32. The normalized spacial score (nSPS) is 23.6. The second-order valence-corrected chi connectivity index (χ2v) is 11.4. The summed E-state index contributed by atoms with van der Waals surface area (Å²) >= 11 is 0. The van der Waals surface area contributed by atoms with E-state index in [1.54, 1.807) is 38.1 Å². The summed E-state index contributed by atoms with van der Waals surface area (Å²) in [7, 11) is -3.64. The number of carbonyl (C=O) groups is 2. The first-order chi connectivity index (χ1) is 15.7. The molecule has 0 spiro atoms. The van der Waals surface area contributed by atoms with Gasteiger partial charge < -0.3 is 10.1 Å². The van der Waals surface area contributed by atoms with Crippen molar-refractivity contribution in [1.29, 1.82) is 0 Å². The van der Waals surface area contributed by atoms with Gasteiger partial charge in [-0.25, -0.2) is 8.42 Å². The summed E-state index contributed by atoms with van der Waals surface area (Å²) in [5, 5.41) is 3.16. The van der Waals surface area contributed by atoms with E-state index in [1.165, 1.54) is 11.3 Å². The average molecular weight is 480 g/mol. The fourth-order valence-corrected chi connectivity index (χ4v) is 5.87. The van der Waals surface area contributed by atoms with Crippen molar-refractivity contribution in [1.82, 2.24) is 9.62 Å². The highest BCUT2D eigenvalue weighted by atomic mass is 32.2. The Hall–Kier alpha value is -2.13. The first kappa shape index (κ1) is 25.5. The van der Waals surface area contributed by atoms with E-state index in [4.69, 9.17) is 4.74 Å². The van der Waals surface area contributed by atoms with Crippen LogP contribution in [0.3, 0.4) is 0 Å². The lowest BCUT2D eigenvalue weighted by molar-refractivity contribution is -0.133. The van der Waals surface area contributed by atoms with Crippen LogP contribution in [-0.2, 0) is 19.6 Å². The maximum atomic E-state index is 13.7. The number of sulfonamides is 1. The van der Waals surface area contributed by atoms with Crippen LogP contribution in [0.25, 0.3) is 0 Å². The molecule has 1 aliphatic heterocycles. The number of amides is 2. The number of hydrogen-bond acceptors (Lipinski definition) is 5. The quantitative estimate of drug-likeness (QED) is 0.648. The maximum absolute atomic E-state index is 13.7. The van der Waals surface area contributed by atoms with Crippen LogP contribution < -0.4 is 15.0 Å². The fraction of sp³-hybridized carbons (Fsp3) is 0.667. The second-order valence-electron chi connectivity index (χ2n) is 9.11. The van der Waals surface area contributed by atoms with Crippen LogP contribution >= 0.6 is 0 Å². The van der Waals surface area contributed by atoms with E-state index >= 15 is 0 Å². The van der Waals surface area contributed by atoms with Gasteiger partial charge in [-0.3, -0.25) is 14.5 Å². The van der Waals surface area contributed by atoms with E-state index in [-0.39, 0.29) is 30.8 Å². The Morgan fingerprint density at radius 1 is 1.09 bits per heavy atom. The van der Waals surface area contributed by atoms with Crippen LogP contribution in [0, 0.1) is 0 Å². The molecule has 1 atom stereocenters. The zero-order chi connectivity index (χ0) is 24.1. The molecule has 2 amide bonds. The van der Waals surface area contributed by atoms with Gasteiger partial charge in [0, 0.05) is 18.3 Å². The number of benzene rings is 1. The number of rotatable bonds is 7. The van der Waals surface area contributed by atoms with Crippen LogP contribution in [0.2, 0.25) is 0 Å². The molecule has 1 aliphatic carbocycles. The van der Waals surface area contributed by atoms with Crippen molar-refractivity contribution in [2.45, 2.75) is 77.3 Å². The minimum atomic E-state index is -3.64. The third-order valence-electron chi connectivity index (χ3n) is 6.63. The molecular weight excluding hydrogens is 442 g/mol. The molecule has 0 radical (unpaired) electrons. The molecule has 0 unspecified atom stereocenters. The standard InChI is InChI=1S/C24H37N3O5S/c1-4-32-21-15-13-20(14-16-21)27-22(28)17-26(33(30,31)5-2)18-24(27,3)23(29)25-19-11-9-7-6-8-10-12-19/h13-16,19H,4-12,17-18H2,1-3H3,(H,25,29)/t24-/m0/s1. The van der Waals surface area contributed by atoms with Crippen LogP contribution in [0.15, 0.2) is 24.3 Å². The van der Waals surface area contributed by atoms with E-state index < -0.39 is 21.5 Å². The average Bonchev–Trinajstić information content (AvgIpc) is 2.76. The predicted molar refractivity (Wildman–Crippen MR) is 129 cm³/mol. The molecule has 2 aliphatic rings. The fourth-order valence-electron chi connectivity index (χ4n) is 4.75. The minimum absolute atomic E-state index is 0.0325. The van der Waals surface area contributed by atoms with Crippen LogP contribution in [0.4, 0.5) is 5.69 Å². The van der Waals surface area contributed by atoms with Crippen molar-refractivity contribution < 1.29 is 22.7 Å². The number of hydrogen-bond donors (Lipinski definition) is 1. The van der Waals surface area contributed by atoms with Crippen molar-refractivity contribution >= 4 is 27.5 Å². The monoisotopic (exact) mass is 479 g/mol. The summed E-state index contributed by atoms with van der Waals surface area (Å²) < 4.78 is 32.0. The Morgan fingerprint density at radius 3 is 2.27 bits per heavy atom. The van der Waals surface area contributed by atoms with Crippen LogP contribution in [0.5, 0.6) is 5.75 Å².